The highest BCUT2D eigenvalue weighted by atomic mass is 127. The van der Waals surface area contributed by atoms with E-state index < -0.39 is 0 Å². The zero-order chi connectivity index (χ0) is 17.8. The van der Waals surface area contributed by atoms with Crippen molar-refractivity contribution in [3.8, 4) is 5.75 Å². The lowest BCUT2D eigenvalue weighted by Crippen LogP contribution is -2.34. The van der Waals surface area contributed by atoms with E-state index in [1.165, 1.54) is 0 Å². The van der Waals surface area contributed by atoms with Gasteiger partial charge in [0.1, 0.15) is 5.75 Å². The summed E-state index contributed by atoms with van der Waals surface area (Å²) in [5.41, 5.74) is 0.628. The maximum atomic E-state index is 5.72. The number of anilines is 1. The Balaban J connectivity index is 0.00000576. The number of benzene rings is 1. The molecule has 0 saturated carbocycles. The summed E-state index contributed by atoms with van der Waals surface area (Å²) in [6.45, 7) is 8.73. The number of nitrogens with one attached hydrogen (secondary N) is 2. The molecule has 7 heteroatoms. The third-order valence-electron chi connectivity index (χ3n) is 3.37. The maximum absolute atomic E-state index is 5.72. The number of rotatable bonds is 10. The summed E-state index contributed by atoms with van der Waals surface area (Å²) in [4.78, 5) is 4.58. The van der Waals surface area contributed by atoms with Crippen LogP contribution in [0.25, 0.3) is 0 Å². The Kier molecular flexibility index (Phi) is 12.6. The molecule has 0 radical (unpaired) electrons. The molecule has 0 aromatic heterocycles. The van der Waals surface area contributed by atoms with Gasteiger partial charge in [-0.15, -0.1) is 24.0 Å². The molecule has 1 aromatic carbocycles. The van der Waals surface area contributed by atoms with E-state index in [0.717, 1.165) is 30.4 Å². The van der Waals surface area contributed by atoms with Crippen LogP contribution in [0.2, 0.25) is 0 Å². The topological polar surface area (TPSA) is 64.1 Å². The van der Waals surface area contributed by atoms with Gasteiger partial charge in [0, 0.05) is 45.5 Å². The number of aliphatic imine (C=N–C) groups is 1. The van der Waals surface area contributed by atoms with Crippen molar-refractivity contribution in [3.05, 3.63) is 24.3 Å². The predicted octanol–water partition coefficient (Wildman–Crippen LogP) is 3.52. The van der Waals surface area contributed by atoms with Crippen molar-refractivity contribution in [2.24, 2.45) is 4.99 Å². The number of methoxy groups -OCH3 is 2. The van der Waals surface area contributed by atoms with Crippen LogP contribution in [0.3, 0.4) is 0 Å². The molecule has 2 N–H and O–H groups in total. The van der Waals surface area contributed by atoms with Gasteiger partial charge in [0.05, 0.1) is 18.8 Å². The summed E-state index contributed by atoms with van der Waals surface area (Å²) in [7, 11) is 3.39. The molecule has 25 heavy (non-hydrogen) atoms. The lowest BCUT2D eigenvalue weighted by molar-refractivity contribution is 0.0311. The lowest BCUT2D eigenvalue weighted by Gasteiger charge is -2.21. The second-order valence-corrected chi connectivity index (χ2v) is 6.01. The van der Waals surface area contributed by atoms with Gasteiger partial charge in [0.15, 0.2) is 5.96 Å². The maximum Gasteiger partial charge on any atom is 0.195 e. The molecule has 6 nitrogen and oxygen atoms in total. The quantitative estimate of drug-likeness (QED) is 0.240. The molecular formula is C18H32IN3O3. The summed E-state index contributed by atoms with van der Waals surface area (Å²) < 4.78 is 16.1. The van der Waals surface area contributed by atoms with Crippen molar-refractivity contribution in [2.75, 3.05) is 45.8 Å². The fourth-order valence-electron chi connectivity index (χ4n) is 1.83. The van der Waals surface area contributed by atoms with Gasteiger partial charge in [-0.05, 0) is 32.9 Å². The minimum Gasteiger partial charge on any atom is -0.493 e. The standard InChI is InChI=1S/C18H31N3O3.HI/c1-6-19-17(20-14-18(2,3)23-5)21-15-9-7-10-16(13-15)24-12-8-11-22-4;/h7,9-10,13H,6,8,11-12,14H2,1-5H3,(H2,19,20,21);1H. The molecule has 0 aliphatic heterocycles. The zero-order valence-electron chi connectivity index (χ0n) is 15.9. The van der Waals surface area contributed by atoms with Crippen molar-refractivity contribution in [1.82, 2.24) is 5.32 Å². The highest BCUT2D eigenvalue weighted by Crippen LogP contribution is 2.17. The van der Waals surface area contributed by atoms with Gasteiger partial charge in [-0.3, -0.25) is 4.99 Å². The molecule has 0 saturated heterocycles. The molecular weight excluding hydrogens is 433 g/mol. The first kappa shape index (κ1) is 23.9. The Morgan fingerprint density at radius 2 is 1.96 bits per heavy atom. The number of ether oxygens (including phenoxy) is 3. The normalized spacial score (nSPS) is 11.6. The van der Waals surface area contributed by atoms with Gasteiger partial charge in [0.2, 0.25) is 0 Å². The van der Waals surface area contributed by atoms with Crippen LogP contribution in [0.15, 0.2) is 29.3 Å². The zero-order valence-corrected chi connectivity index (χ0v) is 18.3. The largest absolute Gasteiger partial charge is 0.493 e. The second kappa shape index (κ2) is 13.2. The summed E-state index contributed by atoms with van der Waals surface area (Å²) >= 11 is 0. The molecule has 1 rings (SSSR count). The Morgan fingerprint density at radius 1 is 1.20 bits per heavy atom. The highest BCUT2D eigenvalue weighted by Gasteiger charge is 2.15. The van der Waals surface area contributed by atoms with E-state index in [2.05, 4.69) is 15.6 Å². The van der Waals surface area contributed by atoms with Gasteiger partial charge in [-0.2, -0.15) is 0 Å². The van der Waals surface area contributed by atoms with E-state index in [4.69, 9.17) is 14.2 Å². The summed E-state index contributed by atoms with van der Waals surface area (Å²) in [5.74, 6) is 1.54. The first-order valence-electron chi connectivity index (χ1n) is 8.33. The number of halogens is 1. The second-order valence-electron chi connectivity index (χ2n) is 6.01. The Bertz CT molecular complexity index is 510. The van der Waals surface area contributed by atoms with Crippen molar-refractivity contribution < 1.29 is 14.2 Å². The first-order valence-corrected chi connectivity index (χ1v) is 8.33. The highest BCUT2D eigenvalue weighted by molar-refractivity contribution is 14.0. The van der Waals surface area contributed by atoms with Gasteiger partial charge < -0.3 is 24.8 Å². The van der Waals surface area contributed by atoms with Crippen LogP contribution < -0.4 is 15.4 Å². The van der Waals surface area contributed by atoms with E-state index in [0.29, 0.717) is 19.8 Å². The van der Waals surface area contributed by atoms with E-state index >= 15 is 0 Å². The van der Waals surface area contributed by atoms with E-state index in [1.54, 1.807) is 14.2 Å². The van der Waals surface area contributed by atoms with Gasteiger partial charge in [-0.25, -0.2) is 0 Å². The van der Waals surface area contributed by atoms with Crippen LogP contribution in [-0.4, -0.2) is 52.1 Å². The first-order chi connectivity index (χ1) is 11.5. The predicted molar refractivity (Wildman–Crippen MR) is 115 cm³/mol. The molecule has 144 valence electrons. The third-order valence-corrected chi connectivity index (χ3v) is 3.37. The summed E-state index contributed by atoms with van der Waals surface area (Å²) in [6.07, 6.45) is 0.865. The SMILES string of the molecule is CCNC(=NCC(C)(C)OC)Nc1cccc(OCCCOC)c1.I. The number of nitrogens with zero attached hydrogens (tertiary/aromatic N) is 1. The van der Waals surface area contributed by atoms with Crippen molar-refractivity contribution in [1.29, 1.82) is 0 Å². The Hall–Kier alpha value is -1.06. The fraction of sp³-hybridized carbons (Fsp3) is 0.611. The summed E-state index contributed by atoms with van der Waals surface area (Å²) in [6, 6.07) is 7.84. The average Bonchev–Trinajstić information content (AvgIpc) is 2.57. The monoisotopic (exact) mass is 465 g/mol. The van der Waals surface area contributed by atoms with Crippen molar-refractivity contribution in [2.45, 2.75) is 32.8 Å². The van der Waals surface area contributed by atoms with Gasteiger partial charge in [0.25, 0.3) is 0 Å². The number of guanidine groups is 1. The van der Waals surface area contributed by atoms with Crippen LogP contribution >= 0.6 is 24.0 Å². The van der Waals surface area contributed by atoms with Crippen molar-refractivity contribution >= 4 is 35.6 Å². The molecule has 0 atom stereocenters. The minimum atomic E-state index is -0.297. The average molecular weight is 465 g/mol. The van der Waals surface area contributed by atoms with Gasteiger partial charge >= 0.3 is 0 Å². The van der Waals surface area contributed by atoms with E-state index in [9.17, 15) is 0 Å². The van der Waals surface area contributed by atoms with E-state index in [-0.39, 0.29) is 29.6 Å². The molecule has 1 aromatic rings. The van der Waals surface area contributed by atoms with Crippen LogP contribution in [0, 0.1) is 0 Å². The number of hydrogen-bond acceptors (Lipinski definition) is 4. The van der Waals surface area contributed by atoms with Gasteiger partial charge in [-0.1, -0.05) is 6.07 Å². The van der Waals surface area contributed by atoms with Crippen LogP contribution in [0.1, 0.15) is 27.2 Å². The molecule has 0 heterocycles. The molecule has 0 spiro atoms. The van der Waals surface area contributed by atoms with Crippen LogP contribution in [-0.2, 0) is 9.47 Å². The summed E-state index contributed by atoms with van der Waals surface area (Å²) in [5, 5.41) is 6.53. The Labute approximate surface area is 168 Å². The van der Waals surface area contributed by atoms with E-state index in [1.807, 2.05) is 45.0 Å². The van der Waals surface area contributed by atoms with Crippen molar-refractivity contribution in [3.63, 3.8) is 0 Å². The number of hydrogen-bond donors (Lipinski definition) is 2. The van der Waals surface area contributed by atoms with Crippen LogP contribution in [0.5, 0.6) is 5.75 Å². The fourth-order valence-corrected chi connectivity index (χ4v) is 1.83. The molecule has 0 aliphatic carbocycles. The molecule has 0 bridgehead atoms. The molecule has 0 unspecified atom stereocenters. The Morgan fingerprint density at radius 3 is 2.60 bits per heavy atom. The molecule has 0 aliphatic rings. The third kappa shape index (κ3) is 10.5. The smallest absolute Gasteiger partial charge is 0.195 e. The van der Waals surface area contributed by atoms with Crippen LogP contribution in [0.4, 0.5) is 5.69 Å². The lowest BCUT2D eigenvalue weighted by atomic mass is 10.1. The molecule has 0 amide bonds. The minimum absolute atomic E-state index is 0. The molecule has 0 fully saturated rings.